The van der Waals surface area contributed by atoms with Crippen LogP contribution < -0.4 is 5.32 Å². The number of alkyl halides is 3. The van der Waals surface area contributed by atoms with Crippen LogP contribution in [0.4, 0.5) is 24.7 Å². The number of carboxylic acid groups (broad SMARTS) is 1. The quantitative estimate of drug-likeness (QED) is 0.490. The molecule has 1 aromatic carbocycles. The molecule has 0 atom stereocenters. The predicted octanol–water partition coefficient (Wildman–Crippen LogP) is 3.24. The highest BCUT2D eigenvalue weighted by molar-refractivity contribution is 5.73. The first-order valence-electron chi connectivity index (χ1n) is 9.04. The number of benzene rings is 1. The standard InChI is InChI=1S/C17H16N8.C2HF3O2/c1-12-20-13(2)25(22-12)15-5-3-14(4-6-15)21-17-11-16(7-8-18-17)24-10-9-19-23-24;3-2(4,5)1(6)7/h3-11H,1-2H3,(H,18,21);(H,6,7). The molecule has 3 aromatic heterocycles. The molecule has 4 aromatic rings. The lowest BCUT2D eigenvalue weighted by atomic mass is 10.2. The number of anilines is 2. The van der Waals surface area contributed by atoms with Crippen molar-refractivity contribution in [1.82, 2.24) is 34.7 Å². The number of pyridine rings is 1. The molecular weight excluding hydrogens is 429 g/mol. The van der Waals surface area contributed by atoms with E-state index in [9.17, 15) is 13.2 Å². The first-order chi connectivity index (χ1) is 15.1. The third kappa shape index (κ3) is 5.65. The zero-order valence-corrected chi connectivity index (χ0v) is 16.8. The van der Waals surface area contributed by atoms with Gasteiger partial charge in [-0.25, -0.2) is 24.1 Å². The Bertz CT molecular complexity index is 1190. The Kier molecular flexibility index (Phi) is 6.47. The topological polar surface area (TPSA) is 124 Å². The summed E-state index contributed by atoms with van der Waals surface area (Å²) in [6, 6.07) is 11.7. The highest BCUT2D eigenvalue weighted by Crippen LogP contribution is 2.19. The Morgan fingerprint density at radius 2 is 1.75 bits per heavy atom. The maximum absolute atomic E-state index is 10.6. The highest BCUT2D eigenvalue weighted by Gasteiger charge is 2.38. The molecule has 10 nitrogen and oxygen atoms in total. The van der Waals surface area contributed by atoms with Crippen LogP contribution in [0, 0.1) is 13.8 Å². The van der Waals surface area contributed by atoms with E-state index < -0.39 is 12.1 Å². The molecule has 0 unspecified atom stereocenters. The number of halogens is 3. The van der Waals surface area contributed by atoms with E-state index in [0.717, 1.165) is 34.5 Å². The number of aliphatic carboxylic acids is 1. The van der Waals surface area contributed by atoms with Gasteiger partial charge in [0.05, 0.1) is 23.8 Å². The van der Waals surface area contributed by atoms with Gasteiger partial charge in [0, 0.05) is 18.0 Å². The molecule has 32 heavy (non-hydrogen) atoms. The summed E-state index contributed by atoms with van der Waals surface area (Å²) in [6.45, 7) is 3.82. The van der Waals surface area contributed by atoms with Gasteiger partial charge in [0.25, 0.3) is 0 Å². The average molecular weight is 446 g/mol. The van der Waals surface area contributed by atoms with Crippen LogP contribution in [-0.2, 0) is 4.79 Å². The van der Waals surface area contributed by atoms with Gasteiger partial charge in [-0.3, -0.25) is 0 Å². The number of nitrogens with one attached hydrogen (secondary N) is 1. The van der Waals surface area contributed by atoms with E-state index in [2.05, 4.69) is 30.7 Å². The van der Waals surface area contributed by atoms with Gasteiger partial charge in [0.1, 0.15) is 17.5 Å². The van der Waals surface area contributed by atoms with Gasteiger partial charge < -0.3 is 10.4 Å². The van der Waals surface area contributed by atoms with Crippen molar-refractivity contribution in [2.75, 3.05) is 5.32 Å². The van der Waals surface area contributed by atoms with Gasteiger partial charge in [-0.15, -0.1) is 5.10 Å². The fraction of sp³-hybridized carbons (Fsp3) is 0.158. The Morgan fingerprint density at radius 1 is 1.06 bits per heavy atom. The van der Waals surface area contributed by atoms with E-state index in [1.807, 2.05) is 54.9 Å². The summed E-state index contributed by atoms with van der Waals surface area (Å²) in [5.41, 5.74) is 2.79. The lowest BCUT2D eigenvalue weighted by Gasteiger charge is -2.09. The van der Waals surface area contributed by atoms with Crippen LogP contribution in [0.1, 0.15) is 11.6 Å². The molecule has 0 spiro atoms. The molecule has 0 saturated heterocycles. The Morgan fingerprint density at radius 3 is 2.28 bits per heavy atom. The summed E-state index contributed by atoms with van der Waals surface area (Å²) >= 11 is 0. The monoisotopic (exact) mass is 446 g/mol. The molecule has 0 aliphatic rings. The maximum atomic E-state index is 10.6. The number of carbonyl (C=O) groups is 1. The Hall–Kier alpha value is -4.29. The minimum atomic E-state index is -5.08. The third-order valence-electron chi connectivity index (χ3n) is 3.93. The van der Waals surface area contributed by atoms with Crippen LogP contribution in [0.5, 0.6) is 0 Å². The molecule has 3 heterocycles. The number of hydrogen-bond donors (Lipinski definition) is 2. The van der Waals surface area contributed by atoms with Gasteiger partial charge in [0.2, 0.25) is 0 Å². The minimum Gasteiger partial charge on any atom is -0.475 e. The summed E-state index contributed by atoms with van der Waals surface area (Å²) in [6.07, 6.45) is 0.0751. The number of nitrogens with zero attached hydrogens (tertiary/aromatic N) is 7. The molecular formula is C19H17F3N8O2. The molecule has 0 aliphatic heterocycles. The molecule has 0 fully saturated rings. The average Bonchev–Trinajstić information content (AvgIpc) is 3.38. The zero-order chi connectivity index (χ0) is 23.3. The van der Waals surface area contributed by atoms with Gasteiger partial charge in [-0.2, -0.15) is 18.3 Å². The summed E-state index contributed by atoms with van der Waals surface area (Å²) in [7, 11) is 0. The summed E-state index contributed by atoms with van der Waals surface area (Å²) < 4.78 is 35.2. The number of hydrogen-bond acceptors (Lipinski definition) is 7. The number of rotatable bonds is 4. The molecule has 0 amide bonds. The van der Waals surface area contributed by atoms with E-state index in [0.29, 0.717) is 0 Å². The van der Waals surface area contributed by atoms with Crippen molar-refractivity contribution >= 4 is 17.5 Å². The van der Waals surface area contributed by atoms with E-state index in [1.165, 1.54) is 0 Å². The molecule has 166 valence electrons. The van der Waals surface area contributed by atoms with Crippen molar-refractivity contribution in [2.24, 2.45) is 0 Å². The van der Waals surface area contributed by atoms with Crippen molar-refractivity contribution in [3.05, 3.63) is 66.6 Å². The smallest absolute Gasteiger partial charge is 0.475 e. The number of aryl methyl sites for hydroxylation is 2. The van der Waals surface area contributed by atoms with Crippen LogP contribution in [-0.4, -0.2) is 52.0 Å². The van der Waals surface area contributed by atoms with Crippen LogP contribution in [0.15, 0.2) is 55.0 Å². The first kappa shape index (κ1) is 22.4. The minimum absolute atomic E-state index is 0.730. The number of carboxylic acids is 1. The molecule has 0 aliphatic carbocycles. The lowest BCUT2D eigenvalue weighted by Crippen LogP contribution is -2.21. The molecule has 0 bridgehead atoms. The lowest BCUT2D eigenvalue weighted by molar-refractivity contribution is -0.192. The van der Waals surface area contributed by atoms with Crippen molar-refractivity contribution in [2.45, 2.75) is 20.0 Å². The van der Waals surface area contributed by atoms with Crippen molar-refractivity contribution in [1.29, 1.82) is 0 Å². The largest absolute Gasteiger partial charge is 0.490 e. The second kappa shape index (κ2) is 9.24. The molecule has 0 saturated carbocycles. The van der Waals surface area contributed by atoms with Crippen LogP contribution in [0.2, 0.25) is 0 Å². The predicted molar refractivity (Wildman–Crippen MR) is 107 cm³/mol. The first-order valence-corrected chi connectivity index (χ1v) is 9.04. The normalized spacial score (nSPS) is 10.9. The van der Waals surface area contributed by atoms with E-state index >= 15 is 0 Å². The SMILES string of the molecule is Cc1nc(C)n(-c2ccc(Nc3cc(-n4ccnn4)ccn3)cc2)n1.O=C(O)C(F)(F)F. The summed E-state index contributed by atoms with van der Waals surface area (Å²) in [5, 5.41) is 22.6. The second-order valence-electron chi connectivity index (χ2n) is 6.34. The number of aromatic nitrogens is 7. The second-order valence-corrected chi connectivity index (χ2v) is 6.34. The van der Waals surface area contributed by atoms with Gasteiger partial charge in [0.15, 0.2) is 0 Å². The maximum Gasteiger partial charge on any atom is 0.490 e. The molecule has 4 rings (SSSR count). The third-order valence-corrected chi connectivity index (χ3v) is 3.93. The fourth-order valence-corrected chi connectivity index (χ4v) is 2.58. The zero-order valence-electron chi connectivity index (χ0n) is 16.8. The van der Waals surface area contributed by atoms with Crippen molar-refractivity contribution < 1.29 is 23.1 Å². The molecule has 2 N–H and O–H groups in total. The van der Waals surface area contributed by atoms with Gasteiger partial charge in [-0.05, 0) is 44.2 Å². The summed E-state index contributed by atoms with van der Waals surface area (Å²) in [4.78, 5) is 17.6. The Labute approximate surface area is 179 Å². The van der Waals surface area contributed by atoms with Gasteiger partial charge in [-0.1, -0.05) is 5.21 Å². The van der Waals surface area contributed by atoms with E-state index in [1.54, 1.807) is 23.3 Å². The Balaban J connectivity index is 0.000000360. The van der Waals surface area contributed by atoms with Gasteiger partial charge >= 0.3 is 12.1 Å². The van der Waals surface area contributed by atoms with E-state index in [-0.39, 0.29) is 0 Å². The highest BCUT2D eigenvalue weighted by atomic mass is 19.4. The molecule has 13 heteroatoms. The van der Waals surface area contributed by atoms with Crippen LogP contribution in [0.3, 0.4) is 0 Å². The fourth-order valence-electron chi connectivity index (χ4n) is 2.58. The van der Waals surface area contributed by atoms with Crippen LogP contribution >= 0.6 is 0 Å². The summed E-state index contributed by atoms with van der Waals surface area (Å²) in [5.74, 6) is -0.407. The van der Waals surface area contributed by atoms with Crippen molar-refractivity contribution in [3.8, 4) is 11.4 Å². The molecule has 0 radical (unpaired) electrons. The van der Waals surface area contributed by atoms with Crippen molar-refractivity contribution in [3.63, 3.8) is 0 Å². The van der Waals surface area contributed by atoms with Crippen LogP contribution in [0.25, 0.3) is 11.4 Å². The van der Waals surface area contributed by atoms with E-state index in [4.69, 9.17) is 9.90 Å².